The molecule has 2 aliphatic rings. The van der Waals surface area contributed by atoms with Gasteiger partial charge in [-0.25, -0.2) is 28.4 Å². The lowest BCUT2D eigenvalue weighted by molar-refractivity contribution is -0.154. The molecule has 2 N–H and O–H groups in total. The Morgan fingerprint density at radius 2 is 1.93 bits per heavy atom. The topological polar surface area (TPSA) is 111 Å². The number of nitrogens with zero attached hydrogens (tertiary/aromatic N) is 3. The third kappa shape index (κ3) is 3.97. The number of halogens is 2. The normalized spacial score (nSPS) is 24.6. The number of fused-ring (bicyclic) bond motifs is 1. The van der Waals surface area contributed by atoms with E-state index in [1.807, 2.05) is 0 Å². The van der Waals surface area contributed by atoms with Gasteiger partial charge >= 0.3 is 18.2 Å². The van der Waals surface area contributed by atoms with Crippen LogP contribution in [0.1, 0.15) is 20.3 Å². The van der Waals surface area contributed by atoms with Crippen LogP contribution in [0.3, 0.4) is 0 Å². The number of hydrazine groups is 1. The van der Waals surface area contributed by atoms with E-state index in [9.17, 15) is 28.3 Å². The minimum atomic E-state index is -3.42. The Labute approximate surface area is 154 Å². The van der Waals surface area contributed by atoms with Crippen molar-refractivity contribution >= 4 is 18.2 Å². The minimum absolute atomic E-state index is 0.00354. The number of ether oxygens (including phenoxy) is 1. The fraction of sp³-hybridized carbons (Fsp3) is 0.688. The number of alkyl halides is 2. The van der Waals surface area contributed by atoms with E-state index in [0.29, 0.717) is 9.91 Å². The second-order valence-corrected chi connectivity index (χ2v) is 7.23. The van der Waals surface area contributed by atoms with Crippen LogP contribution in [0, 0.1) is 5.41 Å². The molecule has 27 heavy (non-hydrogen) atoms. The summed E-state index contributed by atoms with van der Waals surface area (Å²) in [6.45, 7) is 5.01. The number of likely N-dealkylation sites (tertiary alicyclic amines) is 1. The molecule has 0 aromatic heterocycles. The van der Waals surface area contributed by atoms with Gasteiger partial charge in [0.05, 0.1) is 24.5 Å². The van der Waals surface area contributed by atoms with E-state index < -0.39 is 48.1 Å². The van der Waals surface area contributed by atoms with Crippen LogP contribution in [0.2, 0.25) is 0 Å². The third-order valence-electron chi connectivity index (χ3n) is 4.89. The van der Waals surface area contributed by atoms with Gasteiger partial charge in [-0.3, -0.25) is 9.69 Å². The predicted octanol–water partition coefficient (Wildman–Crippen LogP) is 1.71. The Hall–Kier alpha value is -2.43. The van der Waals surface area contributed by atoms with Crippen LogP contribution in [0.15, 0.2) is 12.7 Å². The van der Waals surface area contributed by atoms with Crippen LogP contribution < -0.4 is 0 Å². The van der Waals surface area contributed by atoms with Gasteiger partial charge < -0.3 is 14.9 Å². The number of esters is 1. The standard InChI is InChI=1S/C16H23F2N3O6/c1-4-7-27-12(22)15(2,3)5-6-20-11-10(8-21(20)14(25)26)19(13(23)24)9-16(11,17)18/h4,10-11H,1,5-9H2,2-3H3,(H,23,24)(H,25,26). The molecule has 0 radical (unpaired) electrons. The number of hydrogen-bond acceptors (Lipinski definition) is 5. The lowest BCUT2D eigenvalue weighted by Gasteiger charge is -2.34. The molecule has 0 saturated carbocycles. The average molecular weight is 391 g/mol. The summed E-state index contributed by atoms with van der Waals surface area (Å²) in [6, 6.07) is -2.78. The van der Waals surface area contributed by atoms with E-state index in [2.05, 4.69) is 6.58 Å². The monoisotopic (exact) mass is 391 g/mol. The van der Waals surface area contributed by atoms with Crippen molar-refractivity contribution in [2.45, 2.75) is 38.3 Å². The first-order valence-electron chi connectivity index (χ1n) is 8.35. The molecule has 2 rings (SSSR count). The van der Waals surface area contributed by atoms with Gasteiger partial charge in [0.1, 0.15) is 12.6 Å². The zero-order chi connectivity index (χ0) is 20.6. The lowest BCUT2D eigenvalue weighted by Crippen LogP contribution is -2.52. The van der Waals surface area contributed by atoms with Gasteiger partial charge in [-0.15, -0.1) is 0 Å². The van der Waals surface area contributed by atoms with E-state index in [4.69, 9.17) is 9.84 Å². The van der Waals surface area contributed by atoms with Crippen molar-refractivity contribution in [3.63, 3.8) is 0 Å². The fourth-order valence-electron chi connectivity index (χ4n) is 3.42. The van der Waals surface area contributed by atoms with E-state index in [1.54, 1.807) is 13.8 Å². The van der Waals surface area contributed by atoms with Crippen molar-refractivity contribution in [1.29, 1.82) is 0 Å². The number of carbonyl (C=O) groups is 3. The van der Waals surface area contributed by atoms with Gasteiger partial charge in [-0.2, -0.15) is 0 Å². The van der Waals surface area contributed by atoms with Gasteiger partial charge in [0, 0.05) is 6.54 Å². The highest BCUT2D eigenvalue weighted by Crippen LogP contribution is 2.42. The molecule has 0 bridgehead atoms. The number of hydrogen-bond donors (Lipinski definition) is 2. The lowest BCUT2D eigenvalue weighted by atomic mass is 9.89. The molecule has 0 aromatic rings. The maximum absolute atomic E-state index is 14.5. The zero-order valence-corrected chi connectivity index (χ0v) is 15.1. The number of carbonyl (C=O) groups excluding carboxylic acids is 1. The summed E-state index contributed by atoms with van der Waals surface area (Å²) in [5.41, 5.74) is -1.05. The van der Waals surface area contributed by atoms with Crippen LogP contribution in [-0.4, -0.2) is 87.5 Å². The molecule has 152 valence electrons. The quantitative estimate of drug-likeness (QED) is 0.524. The zero-order valence-electron chi connectivity index (χ0n) is 15.1. The first-order chi connectivity index (χ1) is 12.4. The molecule has 0 aliphatic carbocycles. The van der Waals surface area contributed by atoms with Crippen LogP contribution in [0.25, 0.3) is 0 Å². The first kappa shape index (κ1) is 20.9. The van der Waals surface area contributed by atoms with Crippen LogP contribution >= 0.6 is 0 Å². The maximum atomic E-state index is 14.5. The van der Waals surface area contributed by atoms with Crippen molar-refractivity contribution in [2.75, 3.05) is 26.2 Å². The maximum Gasteiger partial charge on any atom is 0.422 e. The Balaban J connectivity index is 2.20. The van der Waals surface area contributed by atoms with E-state index in [-0.39, 0.29) is 26.1 Å². The fourth-order valence-corrected chi connectivity index (χ4v) is 3.42. The Morgan fingerprint density at radius 3 is 2.44 bits per heavy atom. The van der Waals surface area contributed by atoms with Crippen molar-refractivity contribution < 1.29 is 38.1 Å². The van der Waals surface area contributed by atoms with Gasteiger partial charge in [0.25, 0.3) is 5.92 Å². The summed E-state index contributed by atoms with van der Waals surface area (Å²) in [4.78, 5) is 35.4. The molecule has 2 atom stereocenters. The Morgan fingerprint density at radius 1 is 1.30 bits per heavy atom. The van der Waals surface area contributed by atoms with Crippen molar-refractivity contribution in [3.8, 4) is 0 Å². The highest BCUT2D eigenvalue weighted by atomic mass is 19.3. The summed E-state index contributed by atoms with van der Waals surface area (Å²) in [6.07, 6.45) is -1.55. The number of carboxylic acid groups (broad SMARTS) is 2. The van der Waals surface area contributed by atoms with Crippen LogP contribution in [0.5, 0.6) is 0 Å². The highest BCUT2D eigenvalue weighted by molar-refractivity contribution is 5.76. The van der Waals surface area contributed by atoms with Gasteiger partial charge in [0.15, 0.2) is 0 Å². The summed E-state index contributed by atoms with van der Waals surface area (Å²) < 4.78 is 33.9. The smallest absolute Gasteiger partial charge is 0.422 e. The summed E-state index contributed by atoms with van der Waals surface area (Å²) in [5, 5.41) is 20.2. The van der Waals surface area contributed by atoms with Crippen LogP contribution in [0.4, 0.5) is 18.4 Å². The third-order valence-corrected chi connectivity index (χ3v) is 4.89. The molecule has 2 fully saturated rings. The molecule has 0 aromatic carbocycles. The van der Waals surface area contributed by atoms with Crippen molar-refractivity contribution in [1.82, 2.24) is 14.9 Å². The molecular formula is C16H23F2N3O6. The molecule has 2 heterocycles. The molecule has 0 spiro atoms. The summed E-state index contributed by atoms with van der Waals surface area (Å²) in [5.74, 6) is -3.98. The van der Waals surface area contributed by atoms with Gasteiger partial charge in [-0.1, -0.05) is 12.7 Å². The van der Waals surface area contributed by atoms with Crippen molar-refractivity contribution in [2.24, 2.45) is 5.41 Å². The Bertz CT molecular complexity index is 642. The highest BCUT2D eigenvalue weighted by Gasteiger charge is 2.64. The van der Waals surface area contributed by atoms with Crippen LogP contribution in [-0.2, 0) is 9.53 Å². The minimum Gasteiger partial charge on any atom is -0.465 e. The van der Waals surface area contributed by atoms with Crippen molar-refractivity contribution in [3.05, 3.63) is 12.7 Å². The Kier molecular flexibility index (Phi) is 5.64. The molecular weight excluding hydrogens is 368 g/mol. The largest absolute Gasteiger partial charge is 0.465 e. The molecule has 2 amide bonds. The molecule has 2 aliphatic heterocycles. The first-order valence-corrected chi connectivity index (χ1v) is 8.35. The van der Waals surface area contributed by atoms with Gasteiger partial charge in [0.2, 0.25) is 0 Å². The van der Waals surface area contributed by atoms with Gasteiger partial charge in [-0.05, 0) is 20.3 Å². The van der Waals surface area contributed by atoms with E-state index in [0.717, 1.165) is 5.01 Å². The molecule has 2 unspecified atom stereocenters. The van der Waals surface area contributed by atoms with E-state index in [1.165, 1.54) is 6.08 Å². The second-order valence-electron chi connectivity index (χ2n) is 7.23. The van der Waals surface area contributed by atoms with E-state index >= 15 is 0 Å². The summed E-state index contributed by atoms with van der Waals surface area (Å²) in [7, 11) is 0. The predicted molar refractivity (Wildman–Crippen MR) is 88.2 cm³/mol. The SMILES string of the molecule is C=CCOC(=O)C(C)(C)CCN1C2C(CN1C(=O)O)N(C(=O)O)CC2(F)F. The molecule has 2 saturated heterocycles. The number of amides is 2. The second kappa shape index (κ2) is 7.29. The molecule has 11 heteroatoms. The number of rotatable bonds is 6. The average Bonchev–Trinajstić information content (AvgIpc) is 3.07. The summed E-state index contributed by atoms with van der Waals surface area (Å²) >= 11 is 0. The molecule has 9 nitrogen and oxygen atoms in total.